The quantitative estimate of drug-likeness (QED) is 0.838. The van der Waals surface area contributed by atoms with Gasteiger partial charge < -0.3 is 15.2 Å². The zero-order chi connectivity index (χ0) is 18.0. The van der Waals surface area contributed by atoms with Crippen molar-refractivity contribution in [3.8, 4) is 5.75 Å². The van der Waals surface area contributed by atoms with E-state index in [2.05, 4.69) is 10.4 Å². The van der Waals surface area contributed by atoms with Crippen molar-refractivity contribution < 1.29 is 19.4 Å². The van der Waals surface area contributed by atoms with E-state index in [9.17, 15) is 14.7 Å². The van der Waals surface area contributed by atoms with Crippen LogP contribution in [0.5, 0.6) is 5.75 Å². The summed E-state index contributed by atoms with van der Waals surface area (Å²) in [4.78, 5) is 24.4. The van der Waals surface area contributed by atoms with Crippen molar-refractivity contribution in [3.63, 3.8) is 0 Å². The molecule has 0 fully saturated rings. The molecule has 2 aromatic rings. The smallest absolute Gasteiger partial charge is 0.342 e. The van der Waals surface area contributed by atoms with Gasteiger partial charge in [-0.2, -0.15) is 5.10 Å². The van der Waals surface area contributed by atoms with Gasteiger partial charge in [-0.05, 0) is 39.8 Å². The normalized spacial score (nSPS) is 11.9. The standard InChI is InChI=1S/C17H21N3O4/c1-9-6-7-14(21)13(8-9)17(23)24-12(4)16(22)18-15-10(2)19-20(5)11(15)3/h6-8,12,21H,1-5H3,(H,18,22)/t12-/m1/s1. The number of phenols is 1. The summed E-state index contributed by atoms with van der Waals surface area (Å²) >= 11 is 0. The van der Waals surface area contributed by atoms with Crippen LogP contribution in [0.1, 0.15) is 34.2 Å². The summed E-state index contributed by atoms with van der Waals surface area (Å²) in [6.45, 7) is 6.88. The lowest BCUT2D eigenvalue weighted by Gasteiger charge is -2.14. The molecule has 2 N–H and O–H groups in total. The molecule has 1 aromatic carbocycles. The Balaban J connectivity index is 2.08. The van der Waals surface area contributed by atoms with E-state index in [4.69, 9.17) is 4.74 Å². The second-order valence-corrected chi connectivity index (χ2v) is 5.73. The highest BCUT2D eigenvalue weighted by Gasteiger charge is 2.23. The van der Waals surface area contributed by atoms with Gasteiger partial charge in [0.05, 0.1) is 17.1 Å². The first-order valence-corrected chi connectivity index (χ1v) is 7.52. The number of anilines is 1. The van der Waals surface area contributed by atoms with Gasteiger partial charge in [0.1, 0.15) is 11.3 Å². The van der Waals surface area contributed by atoms with E-state index in [0.717, 1.165) is 11.3 Å². The molecule has 7 nitrogen and oxygen atoms in total. The molecular formula is C17H21N3O4. The predicted molar refractivity (Wildman–Crippen MR) is 89.0 cm³/mol. The van der Waals surface area contributed by atoms with Crippen molar-refractivity contribution in [1.29, 1.82) is 0 Å². The maximum atomic E-state index is 12.3. The average molecular weight is 331 g/mol. The van der Waals surface area contributed by atoms with Gasteiger partial charge >= 0.3 is 5.97 Å². The molecule has 0 unspecified atom stereocenters. The molecule has 7 heteroatoms. The number of rotatable bonds is 4. The summed E-state index contributed by atoms with van der Waals surface area (Å²) < 4.78 is 6.81. The number of esters is 1. The lowest BCUT2D eigenvalue weighted by Crippen LogP contribution is -2.30. The number of hydrogen-bond donors (Lipinski definition) is 2. The van der Waals surface area contributed by atoms with Crippen LogP contribution in [-0.2, 0) is 16.6 Å². The van der Waals surface area contributed by atoms with Crippen LogP contribution in [0.4, 0.5) is 5.69 Å². The first kappa shape index (κ1) is 17.5. The Hall–Kier alpha value is -2.83. The summed E-state index contributed by atoms with van der Waals surface area (Å²) in [5.41, 5.74) is 2.92. The first-order valence-electron chi connectivity index (χ1n) is 7.52. The number of carbonyl (C=O) groups excluding carboxylic acids is 2. The molecule has 2 rings (SSSR count). The summed E-state index contributed by atoms with van der Waals surface area (Å²) in [5.74, 6) is -1.40. The number of phenolic OH excluding ortho intramolecular Hbond substituents is 1. The van der Waals surface area contributed by atoms with E-state index in [1.54, 1.807) is 31.6 Å². The van der Waals surface area contributed by atoms with Crippen LogP contribution in [0.3, 0.4) is 0 Å². The molecule has 0 aliphatic rings. The number of aromatic nitrogens is 2. The Morgan fingerprint density at radius 2 is 1.96 bits per heavy atom. The predicted octanol–water partition coefficient (Wildman–Crippen LogP) is 2.23. The number of hydrogen-bond acceptors (Lipinski definition) is 5. The lowest BCUT2D eigenvalue weighted by molar-refractivity contribution is -0.123. The minimum atomic E-state index is -1.02. The van der Waals surface area contributed by atoms with E-state index in [-0.39, 0.29) is 11.3 Å². The summed E-state index contributed by atoms with van der Waals surface area (Å²) in [5, 5.41) is 16.7. The highest BCUT2D eigenvalue weighted by atomic mass is 16.5. The van der Waals surface area contributed by atoms with Crippen LogP contribution in [0.2, 0.25) is 0 Å². The third-order valence-electron chi connectivity index (χ3n) is 3.78. The molecule has 24 heavy (non-hydrogen) atoms. The number of aryl methyl sites for hydroxylation is 3. The largest absolute Gasteiger partial charge is 0.507 e. The molecular weight excluding hydrogens is 310 g/mol. The van der Waals surface area contributed by atoms with Gasteiger partial charge in [-0.1, -0.05) is 11.6 Å². The zero-order valence-electron chi connectivity index (χ0n) is 14.4. The van der Waals surface area contributed by atoms with Crippen molar-refractivity contribution >= 4 is 17.6 Å². The summed E-state index contributed by atoms with van der Waals surface area (Å²) in [7, 11) is 1.78. The van der Waals surface area contributed by atoms with E-state index in [0.29, 0.717) is 11.4 Å². The maximum absolute atomic E-state index is 12.3. The van der Waals surface area contributed by atoms with E-state index in [1.165, 1.54) is 19.1 Å². The van der Waals surface area contributed by atoms with Crippen LogP contribution < -0.4 is 5.32 Å². The monoisotopic (exact) mass is 331 g/mol. The SMILES string of the molecule is Cc1ccc(O)c(C(=O)O[C@H](C)C(=O)Nc2c(C)nn(C)c2C)c1. The highest BCUT2D eigenvalue weighted by molar-refractivity contribution is 5.98. The minimum absolute atomic E-state index is 0.0309. The third-order valence-corrected chi connectivity index (χ3v) is 3.78. The molecule has 0 spiro atoms. The fraction of sp³-hybridized carbons (Fsp3) is 0.353. The van der Waals surface area contributed by atoms with E-state index < -0.39 is 18.0 Å². The van der Waals surface area contributed by atoms with Crippen LogP contribution in [-0.4, -0.2) is 32.9 Å². The molecule has 0 radical (unpaired) electrons. The number of amides is 1. The van der Waals surface area contributed by atoms with Gasteiger partial charge in [0, 0.05) is 7.05 Å². The fourth-order valence-electron chi connectivity index (χ4n) is 2.27. The van der Waals surface area contributed by atoms with Crippen molar-refractivity contribution in [1.82, 2.24) is 9.78 Å². The second-order valence-electron chi connectivity index (χ2n) is 5.73. The Morgan fingerprint density at radius 1 is 1.29 bits per heavy atom. The molecule has 1 amide bonds. The van der Waals surface area contributed by atoms with Crippen molar-refractivity contribution in [2.75, 3.05) is 5.32 Å². The van der Waals surface area contributed by atoms with E-state index in [1.807, 2.05) is 6.92 Å². The van der Waals surface area contributed by atoms with Crippen LogP contribution in [0.15, 0.2) is 18.2 Å². The Bertz CT molecular complexity index is 795. The molecule has 0 aliphatic carbocycles. The van der Waals surface area contributed by atoms with Crippen LogP contribution in [0.25, 0.3) is 0 Å². The number of nitrogens with one attached hydrogen (secondary N) is 1. The Kier molecular flexibility index (Phi) is 4.92. The number of aromatic hydroxyl groups is 1. The zero-order valence-corrected chi connectivity index (χ0v) is 14.4. The van der Waals surface area contributed by atoms with Crippen molar-refractivity contribution in [2.24, 2.45) is 7.05 Å². The van der Waals surface area contributed by atoms with Gasteiger partial charge in [-0.15, -0.1) is 0 Å². The van der Waals surface area contributed by atoms with Gasteiger partial charge in [-0.25, -0.2) is 4.79 Å². The van der Waals surface area contributed by atoms with Crippen molar-refractivity contribution in [2.45, 2.75) is 33.8 Å². The number of benzene rings is 1. The topological polar surface area (TPSA) is 93.4 Å². The van der Waals surface area contributed by atoms with Gasteiger partial charge in [0.25, 0.3) is 5.91 Å². The molecule has 0 saturated carbocycles. The van der Waals surface area contributed by atoms with Crippen LogP contribution >= 0.6 is 0 Å². The van der Waals surface area contributed by atoms with Gasteiger partial charge in [-0.3, -0.25) is 9.48 Å². The second kappa shape index (κ2) is 6.74. The van der Waals surface area contributed by atoms with Gasteiger partial charge in [0.15, 0.2) is 6.10 Å². The Morgan fingerprint density at radius 3 is 2.54 bits per heavy atom. The van der Waals surface area contributed by atoms with Crippen molar-refractivity contribution in [3.05, 3.63) is 40.7 Å². The lowest BCUT2D eigenvalue weighted by atomic mass is 10.1. The molecule has 0 saturated heterocycles. The highest BCUT2D eigenvalue weighted by Crippen LogP contribution is 2.21. The van der Waals surface area contributed by atoms with Gasteiger partial charge in [0.2, 0.25) is 0 Å². The third kappa shape index (κ3) is 3.56. The number of nitrogens with zero attached hydrogens (tertiary/aromatic N) is 2. The maximum Gasteiger partial charge on any atom is 0.342 e. The first-order chi connectivity index (χ1) is 11.2. The minimum Gasteiger partial charge on any atom is -0.507 e. The van der Waals surface area contributed by atoms with Crippen LogP contribution in [0, 0.1) is 20.8 Å². The molecule has 128 valence electrons. The average Bonchev–Trinajstić information content (AvgIpc) is 2.75. The summed E-state index contributed by atoms with van der Waals surface area (Å²) in [6.07, 6.45) is -1.02. The summed E-state index contributed by atoms with van der Waals surface area (Å²) in [6, 6.07) is 4.60. The molecule has 0 aliphatic heterocycles. The van der Waals surface area contributed by atoms with E-state index >= 15 is 0 Å². The Labute approximate surface area is 140 Å². The number of ether oxygens (including phenoxy) is 1. The molecule has 1 aromatic heterocycles. The number of carbonyl (C=O) groups is 2. The molecule has 1 heterocycles. The molecule has 1 atom stereocenters. The molecule has 0 bridgehead atoms. The fourth-order valence-corrected chi connectivity index (χ4v) is 2.27.